The Morgan fingerprint density at radius 3 is 2.59 bits per heavy atom. The van der Waals surface area contributed by atoms with Gasteiger partial charge < -0.3 is 15.2 Å². The molecule has 0 amide bonds. The summed E-state index contributed by atoms with van der Waals surface area (Å²) in [5.74, 6) is 0.0410. The first-order valence-corrected chi connectivity index (χ1v) is 10.4. The van der Waals surface area contributed by atoms with E-state index in [4.69, 9.17) is 4.74 Å². The van der Waals surface area contributed by atoms with E-state index in [1.54, 1.807) is 19.9 Å². The Morgan fingerprint density at radius 2 is 1.96 bits per heavy atom. The Hall–Kier alpha value is -1.96. The van der Waals surface area contributed by atoms with E-state index in [1.165, 1.54) is 30.3 Å². The molecule has 0 radical (unpaired) electrons. The lowest BCUT2D eigenvalue weighted by atomic mass is 9.97. The van der Waals surface area contributed by atoms with Crippen molar-refractivity contribution in [1.82, 2.24) is 5.32 Å². The number of ether oxygens (including phenoxy) is 1. The van der Waals surface area contributed by atoms with Gasteiger partial charge in [0.05, 0.1) is 15.4 Å². The second kappa shape index (κ2) is 7.58. The lowest BCUT2D eigenvalue weighted by molar-refractivity contribution is 0.0280. The molecule has 7 heteroatoms. The molecule has 0 aromatic heterocycles. The van der Waals surface area contributed by atoms with Crippen LogP contribution in [0.3, 0.4) is 0 Å². The number of nitrogens with one attached hydrogen (secondary N) is 1. The Morgan fingerprint density at radius 1 is 1.22 bits per heavy atom. The van der Waals surface area contributed by atoms with Crippen LogP contribution < -0.4 is 10.1 Å². The lowest BCUT2D eigenvalue weighted by Gasteiger charge is -2.22. The summed E-state index contributed by atoms with van der Waals surface area (Å²) >= 11 is 0. The number of hydrogen-bond acceptors (Lipinski definition) is 5. The quantitative estimate of drug-likeness (QED) is 0.789. The van der Waals surface area contributed by atoms with Gasteiger partial charge in [0.25, 0.3) is 0 Å². The van der Waals surface area contributed by atoms with E-state index in [1.807, 2.05) is 0 Å². The van der Waals surface area contributed by atoms with E-state index < -0.39 is 21.3 Å². The monoisotopic (exact) mass is 393 g/mol. The topological polar surface area (TPSA) is 75.6 Å². The molecule has 2 N–H and O–H groups in total. The zero-order chi connectivity index (χ0) is 19.7. The largest absolute Gasteiger partial charge is 0.490 e. The van der Waals surface area contributed by atoms with E-state index in [2.05, 4.69) is 5.32 Å². The van der Waals surface area contributed by atoms with Gasteiger partial charge in [0.2, 0.25) is 9.84 Å². The van der Waals surface area contributed by atoms with Crippen LogP contribution in [0.25, 0.3) is 0 Å². The second-order valence-corrected chi connectivity index (χ2v) is 9.40. The Balaban J connectivity index is 2.01. The minimum absolute atomic E-state index is 0.0314. The fourth-order valence-corrected chi connectivity index (χ4v) is 4.40. The number of sulfone groups is 1. The third kappa shape index (κ3) is 4.66. The van der Waals surface area contributed by atoms with Crippen molar-refractivity contribution in [1.29, 1.82) is 0 Å². The summed E-state index contributed by atoms with van der Waals surface area (Å²) in [7, 11) is -3.88. The highest BCUT2D eigenvalue weighted by Gasteiger charge is 2.25. The predicted octanol–water partition coefficient (Wildman–Crippen LogP) is 2.89. The summed E-state index contributed by atoms with van der Waals surface area (Å²) in [6.07, 6.45) is 0.925. The van der Waals surface area contributed by atoms with Crippen LogP contribution in [0.4, 0.5) is 4.39 Å². The fraction of sp³-hybridized carbons (Fsp3) is 0.400. The maximum atomic E-state index is 13.5. The van der Waals surface area contributed by atoms with E-state index in [0.717, 1.165) is 31.1 Å². The minimum Gasteiger partial charge on any atom is -0.490 e. The van der Waals surface area contributed by atoms with Crippen LogP contribution in [0, 0.1) is 5.82 Å². The van der Waals surface area contributed by atoms with Gasteiger partial charge in [-0.25, -0.2) is 12.8 Å². The van der Waals surface area contributed by atoms with Gasteiger partial charge in [-0.3, -0.25) is 0 Å². The van der Waals surface area contributed by atoms with Crippen LogP contribution in [-0.2, 0) is 9.84 Å². The Labute approximate surface area is 159 Å². The van der Waals surface area contributed by atoms with Crippen LogP contribution in [0.15, 0.2) is 52.3 Å². The molecule has 27 heavy (non-hydrogen) atoms. The highest BCUT2D eigenvalue weighted by Crippen LogP contribution is 2.34. The van der Waals surface area contributed by atoms with Crippen LogP contribution in [0.1, 0.15) is 31.7 Å². The van der Waals surface area contributed by atoms with Gasteiger partial charge in [0, 0.05) is 12.5 Å². The first-order valence-electron chi connectivity index (χ1n) is 8.87. The van der Waals surface area contributed by atoms with Crippen molar-refractivity contribution in [3.63, 3.8) is 0 Å². The maximum Gasteiger partial charge on any atom is 0.206 e. The van der Waals surface area contributed by atoms with Crippen molar-refractivity contribution in [3.05, 3.63) is 53.8 Å². The van der Waals surface area contributed by atoms with Gasteiger partial charge >= 0.3 is 0 Å². The van der Waals surface area contributed by atoms with E-state index in [-0.39, 0.29) is 22.3 Å². The maximum absolute atomic E-state index is 13.5. The van der Waals surface area contributed by atoms with Crippen LogP contribution in [0.2, 0.25) is 0 Å². The first kappa shape index (κ1) is 19.8. The van der Waals surface area contributed by atoms with Crippen LogP contribution in [-0.4, -0.2) is 38.8 Å². The van der Waals surface area contributed by atoms with E-state index >= 15 is 0 Å². The van der Waals surface area contributed by atoms with Gasteiger partial charge in [-0.05, 0) is 62.7 Å². The lowest BCUT2D eigenvalue weighted by Crippen LogP contribution is -2.28. The smallest absolute Gasteiger partial charge is 0.206 e. The van der Waals surface area contributed by atoms with Crippen LogP contribution in [0.5, 0.6) is 5.75 Å². The molecule has 0 saturated carbocycles. The highest BCUT2D eigenvalue weighted by molar-refractivity contribution is 7.91. The SMILES string of the molecule is CC(C)(O)COc1cc(S(=O)(=O)c2cccc(F)c2)ccc1C1CCNC1. The molecule has 5 nitrogen and oxygen atoms in total. The molecule has 2 aromatic rings. The van der Waals surface area contributed by atoms with Crippen molar-refractivity contribution in [2.24, 2.45) is 0 Å². The number of benzene rings is 2. The summed E-state index contributed by atoms with van der Waals surface area (Å²) in [6, 6.07) is 9.69. The second-order valence-electron chi connectivity index (χ2n) is 7.45. The van der Waals surface area contributed by atoms with Gasteiger partial charge in [0.15, 0.2) is 0 Å². The zero-order valence-electron chi connectivity index (χ0n) is 15.4. The molecule has 1 aliphatic rings. The van der Waals surface area contributed by atoms with Gasteiger partial charge in [-0.1, -0.05) is 12.1 Å². The Bertz CT molecular complexity index is 916. The first-order chi connectivity index (χ1) is 12.7. The van der Waals surface area contributed by atoms with E-state index in [0.29, 0.717) is 5.75 Å². The molecular weight excluding hydrogens is 369 g/mol. The zero-order valence-corrected chi connectivity index (χ0v) is 16.2. The molecule has 3 rings (SSSR count). The third-order valence-electron chi connectivity index (χ3n) is 4.48. The summed E-state index contributed by atoms with van der Waals surface area (Å²) in [5, 5.41) is 13.3. The van der Waals surface area contributed by atoms with Crippen molar-refractivity contribution in [2.75, 3.05) is 19.7 Å². The molecular formula is C20H24FNO4S. The minimum atomic E-state index is -3.88. The molecule has 1 fully saturated rings. The molecule has 1 atom stereocenters. The molecule has 146 valence electrons. The number of hydrogen-bond donors (Lipinski definition) is 2. The molecule has 0 spiro atoms. The van der Waals surface area contributed by atoms with Gasteiger partial charge in [-0.15, -0.1) is 0 Å². The standard InChI is InChI=1S/C20H24FNO4S/c1-20(2,23)13-26-19-11-17(6-7-18(19)14-8-9-22-12-14)27(24,25)16-5-3-4-15(21)10-16/h3-7,10-11,14,22-23H,8-9,12-13H2,1-2H3. The third-order valence-corrected chi connectivity index (χ3v) is 6.23. The molecule has 0 bridgehead atoms. The molecule has 0 aliphatic carbocycles. The summed E-state index contributed by atoms with van der Waals surface area (Å²) < 4.78 is 45.1. The molecule has 1 unspecified atom stereocenters. The Kier molecular flexibility index (Phi) is 5.55. The van der Waals surface area contributed by atoms with Gasteiger partial charge in [0.1, 0.15) is 18.2 Å². The number of rotatable bonds is 6. The summed E-state index contributed by atoms with van der Waals surface area (Å²) in [4.78, 5) is -0.0697. The summed E-state index contributed by atoms with van der Waals surface area (Å²) in [6.45, 7) is 4.95. The van der Waals surface area contributed by atoms with Crippen molar-refractivity contribution < 1.29 is 22.7 Å². The molecule has 1 aliphatic heterocycles. The van der Waals surface area contributed by atoms with Crippen molar-refractivity contribution in [2.45, 2.75) is 41.6 Å². The highest BCUT2D eigenvalue weighted by atomic mass is 32.2. The fourth-order valence-electron chi connectivity index (χ4n) is 3.09. The predicted molar refractivity (Wildman–Crippen MR) is 100 cm³/mol. The average molecular weight is 393 g/mol. The number of aliphatic hydroxyl groups is 1. The molecule has 1 heterocycles. The molecule has 1 saturated heterocycles. The van der Waals surface area contributed by atoms with Gasteiger partial charge in [-0.2, -0.15) is 0 Å². The van der Waals surface area contributed by atoms with E-state index in [9.17, 15) is 17.9 Å². The number of halogens is 1. The average Bonchev–Trinajstić information content (AvgIpc) is 3.13. The molecule has 2 aromatic carbocycles. The van der Waals surface area contributed by atoms with Crippen molar-refractivity contribution >= 4 is 9.84 Å². The van der Waals surface area contributed by atoms with Crippen LogP contribution >= 0.6 is 0 Å². The van der Waals surface area contributed by atoms with Crippen molar-refractivity contribution in [3.8, 4) is 5.75 Å². The normalized spacial score (nSPS) is 17.9. The summed E-state index contributed by atoms with van der Waals surface area (Å²) in [5.41, 5.74) is -0.148.